The normalized spacial score (nSPS) is 12.0. The third-order valence-corrected chi connectivity index (χ3v) is 5.29. The molecule has 0 saturated carbocycles. The molecule has 0 fully saturated rings. The molecule has 0 aliphatic rings. The van der Waals surface area contributed by atoms with Crippen molar-refractivity contribution < 1.29 is 9.47 Å². The second-order valence-corrected chi connectivity index (χ2v) is 10.0. The van der Waals surface area contributed by atoms with Crippen LogP contribution in [0.4, 0.5) is 0 Å². The molecule has 1 heterocycles. The molecule has 2 aromatic carbocycles. The molecule has 6 nitrogen and oxygen atoms in total. The van der Waals surface area contributed by atoms with Crippen LogP contribution >= 0.6 is 27.5 Å². The van der Waals surface area contributed by atoms with Gasteiger partial charge in [-0.05, 0) is 36.1 Å². The average molecular weight is 521 g/mol. The lowest BCUT2D eigenvalue weighted by molar-refractivity contribution is 0.191. The van der Waals surface area contributed by atoms with E-state index in [1.54, 1.807) is 31.5 Å². The minimum absolute atomic E-state index is 0.0556. The smallest absolute Gasteiger partial charge is 0.282 e. The Hall–Kier alpha value is -2.38. The summed E-state index contributed by atoms with van der Waals surface area (Å²) in [7, 11) is 1.56. The summed E-state index contributed by atoms with van der Waals surface area (Å²) in [6, 6.07) is 8.89. The van der Waals surface area contributed by atoms with Gasteiger partial charge in [0.05, 0.1) is 30.8 Å². The highest BCUT2D eigenvalue weighted by atomic mass is 79.9. The van der Waals surface area contributed by atoms with Crippen molar-refractivity contribution in [2.75, 3.05) is 13.7 Å². The number of ether oxygens (including phenoxy) is 2. The summed E-state index contributed by atoms with van der Waals surface area (Å²) in [4.78, 5) is 17.9. The number of hydrogen-bond donors (Lipinski definition) is 0. The Balaban J connectivity index is 2.14. The number of hydrogen-bond acceptors (Lipinski definition) is 5. The molecule has 0 radical (unpaired) electrons. The van der Waals surface area contributed by atoms with E-state index in [9.17, 15) is 4.79 Å². The van der Waals surface area contributed by atoms with Crippen LogP contribution in [-0.2, 0) is 6.42 Å². The maximum absolute atomic E-state index is 13.2. The van der Waals surface area contributed by atoms with Crippen LogP contribution in [0.5, 0.6) is 11.5 Å². The first-order valence-electron chi connectivity index (χ1n) is 10.4. The van der Waals surface area contributed by atoms with E-state index >= 15 is 0 Å². The van der Waals surface area contributed by atoms with Crippen molar-refractivity contribution in [2.45, 2.75) is 40.5 Å². The average Bonchev–Trinajstić information content (AvgIpc) is 2.72. The zero-order valence-corrected chi connectivity index (χ0v) is 21.2. The Morgan fingerprint density at radius 3 is 2.66 bits per heavy atom. The van der Waals surface area contributed by atoms with Gasteiger partial charge in [0.1, 0.15) is 5.82 Å². The zero-order valence-electron chi connectivity index (χ0n) is 18.9. The lowest BCUT2D eigenvalue weighted by Crippen LogP contribution is -2.22. The fourth-order valence-corrected chi connectivity index (χ4v) is 3.68. The molecule has 0 amide bonds. The predicted molar refractivity (Wildman–Crippen MR) is 134 cm³/mol. The van der Waals surface area contributed by atoms with Gasteiger partial charge in [-0.25, -0.2) is 4.98 Å². The number of aryl methyl sites for hydroxylation is 1. The van der Waals surface area contributed by atoms with Gasteiger partial charge in [0.25, 0.3) is 5.56 Å². The summed E-state index contributed by atoms with van der Waals surface area (Å²) >= 11 is 9.72. The van der Waals surface area contributed by atoms with Gasteiger partial charge in [0.2, 0.25) is 0 Å². The van der Waals surface area contributed by atoms with Crippen LogP contribution in [0.2, 0.25) is 5.02 Å². The minimum Gasteiger partial charge on any atom is -0.493 e. The third kappa shape index (κ3) is 5.70. The van der Waals surface area contributed by atoms with E-state index in [0.29, 0.717) is 51.8 Å². The van der Waals surface area contributed by atoms with Gasteiger partial charge in [0, 0.05) is 27.5 Å². The molecule has 0 saturated heterocycles. The quantitative estimate of drug-likeness (QED) is 0.354. The van der Waals surface area contributed by atoms with Gasteiger partial charge in [-0.3, -0.25) is 4.79 Å². The van der Waals surface area contributed by atoms with E-state index in [4.69, 9.17) is 21.1 Å². The monoisotopic (exact) mass is 519 g/mol. The number of aromatic nitrogens is 2. The van der Waals surface area contributed by atoms with Gasteiger partial charge >= 0.3 is 0 Å². The maximum atomic E-state index is 13.2. The summed E-state index contributed by atoms with van der Waals surface area (Å²) in [6.45, 7) is 8.75. The maximum Gasteiger partial charge on any atom is 0.282 e. The molecule has 32 heavy (non-hydrogen) atoms. The molecule has 0 spiro atoms. The van der Waals surface area contributed by atoms with Gasteiger partial charge in [-0.15, -0.1) is 0 Å². The summed E-state index contributed by atoms with van der Waals surface area (Å²) in [5.41, 5.74) is 0.969. The Morgan fingerprint density at radius 1 is 1.25 bits per heavy atom. The molecule has 170 valence electrons. The molecular formula is C24H27BrClN3O3. The summed E-state index contributed by atoms with van der Waals surface area (Å²) in [5.74, 6) is 1.62. The number of fused-ring (bicyclic) bond motifs is 1. The number of rotatable bonds is 7. The van der Waals surface area contributed by atoms with Crippen LogP contribution in [-0.4, -0.2) is 29.6 Å². The molecule has 0 atom stereocenters. The van der Waals surface area contributed by atoms with Crippen LogP contribution in [0.3, 0.4) is 0 Å². The molecule has 0 unspecified atom stereocenters. The second kappa shape index (κ2) is 10.0. The van der Waals surface area contributed by atoms with Crippen molar-refractivity contribution in [1.82, 2.24) is 9.66 Å². The fraction of sp³-hybridized carbons (Fsp3) is 0.375. The van der Waals surface area contributed by atoms with E-state index in [2.05, 4.69) is 46.8 Å². The fourth-order valence-electron chi connectivity index (χ4n) is 3.10. The van der Waals surface area contributed by atoms with Crippen molar-refractivity contribution in [2.24, 2.45) is 10.5 Å². The van der Waals surface area contributed by atoms with E-state index in [1.807, 2.05) is 19.1 Å². The van der Waals surface area contributed by atoms with E-state index < -0.39 is 0 Å². The predicted octanol–water partition coefficient (Wildman–Crippen LogP) is 6.08. The van der Waals surface area contributed by atoms with Crippen molar-refractivity contribution >= 4 is 44.6 Å². The second-order valence-electron chi connectivity index (χ2n) is 8.68. The third-order valence-electron chi connectivity index (χ3n) is 4.58. The van der Waals surface area contributed by atoms with Gasteiger partial charge < -0.3 is 9.47 Å². The van der Waals surface area contributed by atoms with Crippen LogP contribution in [0.15, 0.2) is 44.7 Å². The highest BCUT2D eigenvalue weighted by Gasteiger charge is 2.17. The summed E-state index contributed by atoms with van der Waals surface area (Å²) < 4.78 is 13.7. The molecule has 0 aliphatic heterocycles. The van der Waals surface area contributed by atoms with Crippen molar-refractivity contribution in [3.05, 3.63) is 61.6 Å². The summed E-state index contributed by atoms with van der Waals surface area (Å²) in [5, 5.41) is 5.47. The molecule has 0 N–H and O–H groups in total. The Labute approximate surface area is 201 Å². The van der Waals surface area contributed by atoms with Crippen LogP contribution in [0, 0.1) is 5.41 Å². The Morgan fingerprint density at radius 2 is 2.00 bits per heavy atom. The van der Waals surface area contributed by atoms with E-state index in [1.165, 1.54) is 4.68 Å². The highest BCUT2D eigenvalue weighted by molar-refractivity contribution is 9.10. The van der Waals surface area contributed by atoms with Gasteiger partial charge in [-0.2, -0.15) is 9.78 Å². The standard InChI is InChI=1S/C24H27BrClN3O3/c1-6-7-21-28-19-9-8-16(25)11-18(19)23(30)29(21)27-13-15-10-17(26)12-20(31-5)22(15)32-14-24(2,3)4/h8-13H,6-7,14H2,1-5H3. The first kappa shape index (κ1) is 24.3. The SMILES string of the molecule is CCCc1nc2ccc(Br)cc2c(=O)n1N=Cc1cc(Cl)cc(OC)c1OCC(C)(C)C. The molecule has 8 heteroatoms. The number of methoxy groups -OCH3 is 1. The number of nitrogens with zero attached hydrogens (tertiary/aromatic N) is 3. The van der Waals surface area contributed by atoms with E-state index in [-0.39, 0.29) is 11.0 Å². The Bertz CT molecular complexity index is 1220. The Kier molecular flexibility index (Phi) is 7.62. The molecule has 3 aromatic rings. The molecule has 3 rings (SSSR count). The number of halogens is 2. The van der Waals surface area contributed by atoms with Crippen molar-refractivity contribution in [3.8, 4) is 11.5 Å². The lowest BCUT2D eigenvalue weighted by Gasteiger charge is -2.21. The molecule has 0 bridgehead atoms. The van der Waals surface area contributed by atoms with Crippen LogP contribution < -0.4 is 15.0 Å². The van der Waals surface area contributed by atoms with Crippen molar-refractivity contribution in [3.63, 3.8) is 0 Å². The van der Waals surface area contributed by atoms with Crippen LogP contribution in [0.1, 0.15) is 45.5 Å². The summed E-state index contributed by atoms with van der Waals surface area (Å²) in [6.07, 6.45) is 3.01. The first-order chi connectivity index (χ1) is 15.1. The topological polar surface area (TPSA) is 65.7 Å². The van der Waals surface area contributed by atoms with E-state index in [0.717, 1.165) is 10.9 Å². The zero-order chi connectivity index (χ0) is 23.5. The largest absolute Gasteiger partial charge is 0.493 e. The minimum atomic E-state index is -0.234. The number of benzene rings is 2. The molecular weight excluding hydrogens is 494 g/mol. The highest BCUT2D eigenvalue weighted by Crippen LogP contribution is 2.35. The molecule has 0 aliphatic carbocycles. The molecule has 1 aromatic heterocycles. The lowest BCUT2D eigenvalue weighted by atomic mass is 9.98. The van der Waals surface area contributed by atoms with Crippen LogP contribution in [0.25, 0.3) is 10.9 Å². The van der Waals surface area contributed by atoms with Crippen molar-refractivity contribution in [1.29, 1.82) is 0 Å². The van der Waals surface area contributed by atoms with Gasteiger partial charge in [0.15, 0.2) is 11.5 Å². The van der Waals surface area contributed by atoms with Gasteiger partial charge in [-0.1, -0.05) is 55.2 Å². The first-order valence-corrected chi connectivity index (χ1v) is 11.6.